The Hall–Kier alpha value is -0.510. The van der Waals surface area contributed by atoms with Crippen LogP contribution in [0.3, 0.4) is 0 Å². The Kier molecular flexibility index (Phi) is 12.5. The van der Waals surface area contributed by atoms with E-state index in [0.29, 0.717) is 32.1 Å². The van der Waals surface area contributed by atoms with Crippen LogP contribution in [0.25, 0.3) is 0 Å². The van der Waals surface area contributed by atoms with E-state index in [0.717, 1.165) is 29.3 Å². The predicted molar refractivity (Wildman–Crippen MR) is 116 cm³/mol. The van der Waals surface area contributed by atoms with Crippen molar-refractivity contribution >= 4 is 34.3 Å². The normalized spacial score (nSPS) is 25.0. The number of unbranched alkanes of at least 4 members (excludes halogenated alkanes) is 4. The molecule has 0 bridgehead atoms. The highest BCUT2D eigenvalue weighted by Crippen LogP contribution is 2.41. The number of carbonyl (C=O) groups excluding carboxylic acids is 2. The van der Waals surface area contributed by atoms with Gasteiger partial charge in [-0.1, -0.05) is 39.0 Å². The number of hydrogen-bond acceptors (Lipinski definition) is 6. The number of ether oxygens (including phenoxy) is 1. The number of esters is 1. The fraction of sp³-hybridized carbons (Fsp3) is 0.810. The van der Waals surface area contributed by atoms with Crippen LogP contribution >= 0.6 is 22.6 Å². The summed E-state index contributed by atoms with van der Waals surface area (Å²) >= 11 is 2.08. The van der Waals surface area contributed by atoms with Gasteiger partial charge in [-0.3, -0.25) is 9.59 Å². The van der Waals surface area contributed by atoms with Crippen molar-refractivity contribution in [1.29, 1.82) is 0 Å². The second-order valence-electron chi connectivity index (χ2n) is 7.65. The Morgan fingerprint density at radius 1 is 1.21 bits per heavy atom. The molecule has 1 rings (SSSR count). The van der Waals surface area contributed by atoms with Crippen LogP contribution in [0.1, 0.15) is 71.1 Å². The fourth-order valence-corrected chi connectivity index (χ4v) is 5.00. The van der Waals surface area contributed by atoms with Gasteiger partial charge < -0.3 is 20.1 Å². The molecule has 1 aliphatic carbocycles. The first-order chi connectivity index (χ1) is 13.3. The van der Waals surface area contributed by atoms with E-state index >= 15 is 0 Å². The Balaban J connectivity index is 2.61. The van der Waals surface area contributed by atoms with Gasteiger partial charge in [0.2, 0.25) is 0 Å². The topological polar surface area (TPSA) is 104 Å². The molecule has 5 unspecified atom stereocenters. The second-order valence-corrected chi connectivity index (χ2v) is 8.89. The maximum atomic E-state index is 12.4. The summed E-state index contributed by atoms with van der Waals surface area (Å²) in [6, 6.07) is 0. The van der Waals surface area contributed by atoms with Crippen molar-refractivity contribution in [3.05, 3.63) is 9.66 Å². The average molecular weight is 510 g/mol. The van der Waals surface area contributed by atoms with E-state index in [9.17, 15) is 24.9 Å². The van der Waals surface area contributed by atoms with Crippen molar-refractivity contribution in [2.24, 2.45) is 11.8 Å². The molecular formula is C21H35IO6. The largest absolute Gasteiger partial charge is 0.469 e. The van der Waals surface area contributed by atoms with Gasteiger partial charge in [0.05, 0.1) is 31.3 Å². The zero-order valence-electron chi connectivity index (χ0n) is 17.0. The molecule has 5 atom stereocenters. The molecule has 28 heavy (non-hydrogen) atoms. The third kappa shape index (κ3) is 8.47. The van der Waals surface area contributed by atoms with Crippen LogP contribution in [-0.2, 0) is 14.3 Å². The molecule has 1 saturated carbocycles. The number of ketones is 1. The number of aliphatic hydroxyl groups is 3. The zero-order chi connectivity index (χ0) is 21.1. The molecule has 3 N–H and O–H groups in total. The van der Waals surface area contributed by atoms with Crippen LogP contribution in [0.2, 0.25) is 0 Å². The number of Topliss-reactive ketones (excluding diaryl/α,β-unsaturated/α-hetero) is 1. The molecule has 0 aliphatic heterocycles. The standard InChI is InChI=1S/C21H35IO6/c1-3-4-6-9-14(23)12-15(22)20-17(25)13-18(26)21(20)16(24)10-7-5-8-11-19(27)28-2/h12,14,16-17,20-21,23-25H,3-11,13H2,1-2H3. The summed E-state index contributed by atoms with van der Waals surface area (Å²) in [5, 5.41) is 31.2. The lowest BCUT2D eigenvalue weighted by Crippen LogP contribution is -2.32. The maximum absolute atomic E-state index is 12.4. The molecule has 0 spiro atoms. The first kappa shape index (κ1) is 25.5. The smallest absolute Gasteiger partial charge is 0.305 e. The van der Waals surface area contributed by atoms with Gasteiger partial charge in [0.25, 0.3) is 0 Å². The first-order valence-corrected chi connectivity index (χ1v) is 11.4. The minimum Gasteiger partial charge on any atom is -0.469 e. The first-order valence-electron chi connectivity index (χ1n) is 10.3. The van der Waals surface area contributed by atoms with Gasteiger partial charge in [-0.25, -0.2) is 0 Å². The van der Waals surface area contributed by atoms with Crippen molar-refractivity contribution in [3.8, 4) is 0 Å². The van der Waals surface area contributed by atoms with Crippen LogP contribution in [0.4, 0.5) is 0 Å². The van der Waals surface area contributed by atoms with E-state index in [4.69, 9.17) is 0 Å². The van der Waals surface area contributed by atoms with Crippen LogP contribution in [0.5, 0.6) is 0 Å². The third-order valence-corrected chi connectivity index (χ3v) is 6.46. The lowest BCUT2D eigenvalue weighted by atomic mass is 9.86. The van der Waals surface area contributed by atoms with Crippen LogP contribution in [-0.4, -0.2) is 52.5 Å². The lowest BCUT2D eigenvalue weighted by molar-refractivity contribution is -0.140. The van der Waals surface area contributed by atoms with E-state index < -0.39 is 30.1 Å². The van der Waals surface area contributed by atoms with E-state index in [2.05, 4.69) is 34.3 Å². The summed E-state index contributed by atoms with van der Waals surface area (Å²) in [5.74, 6) is -1.46. The Bertz CT molecular complexity index is 521. The Morgan fingerprint density at radius 2 is 1.89 bits per heavy atom. The minimum atomic E-state index is -0.830. The minimum absolute atomic E-state index is 0.0427. The second kappa shape index (κ2) is 13.7. The molecule has 0 radical (unpaired) electrons. The van der Waals surface area contributed by atoms with Crippen molar-refractivity contribution in [3.63, 3.8) is 0 Å². The Morgan fingerprint density at radius 3 is 2.54 bits per heavy atom. The number of methoxy groups -OCH3 is 1. The Labute approximate surface area is 181 Å². The summed E-state index contributed by atoms with van der Waals surface area (Å²) in [6.07, 6.45) is 6.20. The summed E-state index contributed by atoms with van der Waals surface area (Å²) in [7, 11) is 1.36. The number of hydrogen-bond donors (Lipinski definition) is 3. The summed E-state index contributed by atoms with van der Waals surface area (Å²) in [5.41, 5.74) is 0. The highest BCUT2D eigenvalue weighted by atomic mass is 127. The highest BCUT2D eigenvalue weighted by molar-refractivity contribution is 14.1. The van der Waals surface area contributed by atoms with Gasteiger partial charge in [0.15, 0.2) is 0 Å². The number of rotatable bonds is 13. The summed E-state index contributed by atoms with van der Waals surface area (Å²) in [6.45, 7) is 2.11. The molecule has 0 aromatic rings. The molecule has 1 aliphatic rings. The molecule has 0 amide bonds. The predicted octanol–water partition coefficient (Wildman–Crippen LogP) is 3.30. The van der Waals surface area contributed by atoms with E-state index in [1.165, 1.54) is 7.11 Å². The molecule has 0 heterocycles. The molecule has 162 valence electrons. The number of carbonyl (C=O) groups is 2. The van der Waals surface area contributed by atoms with Gasteiger partial charge in [-0.05, 0) is 51.5 Å². The van der Waals surface area contributed by atoms with Crippen LogP contribution in [0, 0.1) is 11.8 Å². The quantitative estimate of drug-likeness (QED) is 0.200. The van der Waals surface area contributed by atoms with E-state index in [1.807, 2.05) is 0 Å². The van der Waals surface area contributed by atoms with Gasteiger partial charge >= 0.3 is 5.97 Å². The molecule has 7 heteroatoms. The van der Waals surface area contributed by atoms with Crippen molar-refractivity contribution in [1.82, 2.24) is 0 Å². The molecule has 0 aromatic heterocycles. The molecule has 6 nitrogen and oxygen atoms in total. The fourth-order valence-electron chi connectivity index (χ4n) is 3.78. The highest BCUT2D eigenvalue weighted by Gasteiger charge is 2.46. The van der Waals surface area contributed by atoms with Crippen molar-refractivity contribution in [2.45, 2.75) is 89.4 Å². The lowest BCUT2D eigenvalue weighted by Gasteiger charge is -2.26. The van der Waals surface area contributed by atoms with Crippen molar-refractivity contribution < 1.29 is 29.6 Å². The van der Waals surface area contributed by atoms with Gasteiger partial charge in [0.1, 0.15) is 5.78 Å². The van der Waals surface area contributed by atoms with Gasteiger partial charge in [0, 0.05) is 18.8 Å². The van der Waals surface area contributed by atoms with Crippen molar-refractivity contribution in [2.75, 3.05) is 7.11 Å². The van der Waals surface area contributed by atoms with Gasteiger partial charge in [-0.15, -0.1) is 0 Å². The SMILES string of the molecule is CCCCCC(O)C=C(I)C1C(O)CC(=O)C1C(O)CCCCCC(=O)OC. The molecule has 1 fully saturated rings. The number of halogens is 1. The molecule has 0 aromatic carbocycles. The van der Waals surface area contributed by atoms with Crippen LogP contribution < -0.4 is 0 Å². The zero-order valence-corrected chi connectivity index (χ0v) is 19.1. The summed E-state index contributed by atoms with van der Waals surface area (Å²) in [4.78, 5) is 23.5. The van der Waals surface area contributed by atoms with E-state index in [1.54, 1.807) is 6.08 Å². The number of aliphatic hydroxyl groups excluding tert-OH is 3. The third-order valence-electron chi connectivity index (χ3n) is 5.38. The average Bonchev–Trinajstić information content (AvgIpc) is 2.95. The van der Waals surface area contributed by atoms with Gasteiger partial charge in [-0.2, -0.15) is 0 Å². The summed E-state index contributed by atoms with van der Waals surface area (Å²) < 4.78 is 5.34. The monoisotopic (exact) mass is 510 g/mol. The molecule has 0 saturated heterocycles. The molecular weight excluding hydrogens is 475 g/mol. The maximum Gasteiger partial charge on any atom is 0.305 e. The van der Waals surface area contributed by atoms with Crippen LogP contribution in [0.15, 0.2) is 9.66 Å². The van der Waals surface area contributed by atoms with E-state index in [-0.39, 0.29) is 18.2 Å².